The molecule has 1 atom stereocenters. The van der Waals surface area contributed by atoms with Crippen LogP contribution in [0.2, 0.25) is 0 Å². The Morgan fingerprint density at radius 3 is 3.00 bits per heavy atom. The van der Waals surface area contributed by atoms with Gasteiger partial charge in [-0.2, -0.15) is 0 Å². The molecule has 1 aromatic heterocycles. The van der Waals surface area contributed by atoms with Gasteiger partial charge in [0.05, 0.1) is 25.6 Å². The van der Waals surface area contributed by atoms with Crippen LogP contribution >= 0.6 is 0 Å². The molecule has 25 heavy (non-hydrogen) atoms. The molecule has 2 aliphatic rings. The largest absolute Gasteiger partial charge is 0.379 e. The van der Waals surface area contributed by atoms with Crippen LogP contribution in [0, 0.1) is 6.92 Å². The van der Waals surface area contributed by atoms with Gasteiger partial charge < -0.3 is 19.5 Å². The van der Waals surface area contributed by atoms with E-state index in [1.165, 1.54) is 5.56 Å². The number of fused-ring (bicyclic) bond motifs is 1. The minimum absolute atomic E-state index is 0.0112. The maximum atomic E-state index is 12.7. The van der Waals surface area contributed by atoms with Crippen molar-refractivity contribution in [2.75, 3.05) is 32.8 Å². The lowest BCUT2D eigenvalue weighted by molar-refractivity contribution is -0.146. The average molecular weight is 341 g/mol. The second kappa shape index (κ2) is 6.52. The highest BCUT2D eigenvalue weighted by atomic mass is 16.5. The Morgan fingerprint density at radius 1 is 1.36 bits per heavy atom. The quantitative estimate of drug-likeness (QED) is 0.920. The van der Waals surface area contributed by atoms with Crippen LogP contribution in [0.5, 0.6) is 0 Å². The molecule has 1 N–H and O–H groups in total. The molecule has 3 heterocycles. The number of aromatic amines is 1. The summed E-state index contributed by atoms with van der Waals surface area (Å²) in [7, 11) is 0. The number of nitrogens with zero attached hydrogens (tertiary/aromatic N) is 2. The topological polar surface area (TPSA) is 65.6 Å². The van der Waals surface area contributed by atoms with Crippen molar-refractivity contribution < 1.29 is 14.3 Å². The van der Waals surface area contributed by atoms with Gasteiger partial charge in [0.1, 0.15) is 0 Å². The normalized spacial score (nSPS) is 21.3. The van der Waals surface area contributed by atoms with Crippen LogP contribution in [0.1, 0.15) is 17.5 Å². The summed E-state index contributed by atoms with van der Waals surface area (Å²) >= 11 is 0. The van der Waals surface area contributed by atoms with Crippen LogP contribution < -0.4 is 0 Å². The molecule has 2 amide bonds. The van der Waals surface area contributed by atoms with Crippen LogP contribution in [-0.2, 0) is 20.7 Å². The molecule has 2 aromatic rings. The maximum absolute atomic E-state index is 12.7. The number of hydrogen-bond acceptors (Lipinski definition) is 3. The zero-order valence-corrected chi connectivity index (χ0v) is 14.5. The standard InChI is InChI=1S/C19H23N3O3/c1-13-2-3-16-14(10-20-17(16)8-13)9-18(23)21-5-6-22(19(24)11-21)15-4-7-25-12-15/h2-3,8,10,15,20H,4-7,9,11-12H2,1H3. The highest BCUT2D eigenvalue weighted by molar-refractivity contribution is 5.91. The van der Waals surface area contributed by atoms with E-state index in [2.05, 4.69) is 17.1 Å². The van der Waals surface area contributed by atoms with Crippen LogP contribution in [0.15, 0.2) is 24.4 Å². The lowest BCUT2D eigenvalue weighted by Gasteiger charge is -2.37. The number of nitrogens with one attached hydrogen (secondary N) is 1. The van der Waals surface area contributed by atoms with Gasteiger partial charge in [0.25, 0.3) is 0 Å². The Hall–Kier alpha value is -2.34. The number of piperazine rings is 1. The number of rotatable bonds is 3. The average Bonchev–Trinajstić information content (AvgIpc) is 3.25. The van der Waals surface area contributed by atoms with E-state index in [-0.39, 0.29) is 24.4 Å². The summed E-state index contributed by atoms with van der Waals surface area (Å²) in [5, 5.41) is 1.08. The Kier molecular flexibility index (Phi) is 4.21. The first-order chi connectivity index (χ1) is 12.1. The molecule has 132 valence electrons. The second-order valence-corrected chi connectivity index (χ2v) is 6.96. The van der Waals surface area contributed by atoms with Gasteiger partial charge >= 0.3 is 0 Å². The van der Waals surface area contributed by atoms with Crippen molar-refractivity contribution in [2.24, 2.45) is 0 Å². The fourth-order valence-electron chi connectivity index (χ4n) is 3.77. The molecule has 0 bridgehead atoms. The fourth-order valence-corrected chi connectivity index (χ4v) is 3.77. The molecule has 1 aromatic carbocycles. The van der Waals surface area contributed by atoms with E-state index in [4.69, 9.17) is 4.74 Å². The van der Waals surface area contributed by atoms with Crippen molar-refractivity contribution in [1.29, 1.82) is 0 Å². The van der Waals surface area contributed by atoms with Crippen LogP contribution in [0.4, 0.5) is 0 Å². The Morgan fingerprint density at radius 2 is 2.24 bits per heavy atom. The number of H-pyrrole nitrogens is 1. The molecule has 0 radical (unpaired) electrons. The summed E-state index contributed by atoms with van der Waals surface area (Å²) < 4.78 is 5.37. The van der Waals surface area contributed by atoms with E-state index in [0.29, 0.717) is 26.1 Å². The number of hydrogen-bond donors (Lipinski definition) is 1. The first-order valence-corrected chi connectivity index (χ1v) is 8.83. The van der Waals surface area contributed by atoms with Crippen LogP contribution in [0.3, 0.4) is 0 Å². The Labute approximate surface area is 146 Å². The van der Waals surface area contributed by atoms with E-state index in [0.717, 1.165) is 29.5 Å². The number of ether oxygens (including phenoxy) is 1. The van der Waals surface area contributed by atoms with Gasteiger partial charge in [0, 0.05) is 36.8 Å². The molecule has 0 saturated carbocycles. The maximum Gasteiger partial charge on any atom is 0.242 e. The van der Waals surface area contributed by atoms with Crippen molar-refractivity contribution in [1.82, 2.24) is 14.8 Å². The lowest BCUT2D eigenvalue weighted by Crippen LogP contribution is -2.55. The van der Waals surface area contributed by atoms with Crippen LogP contribution in [0.25, 0.3) is 10.9 Å². The molecule has 4 rings (SSSR count). The molecule has 2 aliphatic heterocycles. The van der Waals surface area contributed by atoms with Gasteiger partial charge in [0.15, 0.2) is 0 Å². The first-order valence-electron chi connectivity index (χ1n) is 8.83. The van der Waals surface area contributed by atoms with Gasteiger partial charge in [0.2, 0.25) is 11.8 Å². The molecule has 0 spiro atoms. The monoisotopic (exact) mass is 341 g/mol. The molecule has 6 heteroatoms. The summed E-state index contributed by atoms with van der Waals surface area (Å²) in [6.45, 7) is 4.77. The third-order valence-electron chi connectivity index (χ3n) is 5.22. The number of benzene rings is 1. The van der Waals surface area contributed by atoms with E-state index in [1.54, 1.807) is 4.90 Å². The zero-order valence-electron chi connectivity index (χ0n) is 14.5. The highest BCUT2D eigenvalue weighted by Crippen LogP contribution is 2.21. The van der Waals surface area contributed by atoms with E-state index in [9.17, 15) is 9.59 Å². The molecule has 0 aliphatic carbocycles. The predicted octanol–water partition coefficient (Wildman–Crippen LogP) is 1.48. The van der Waals surface area contributed by atoms with Gasteiger partial charge in [-0.05, 0) is 30.5 Å². The molecular formula is C19H23N3O3. The smallest absolute Gasteiger partial charge is 0.242 e. The third kappa shape index (κ3) is 3.14. The second-order valence-electron chi connectivity index (χ2n) is 6.96. The number of aromatic nitrogens is 1. The first kappa shape index (κ1) is 16.1. The fraction of sp³-hybridized carbons (Fsp3) is 0.474. The number of carbonyl (C=O) groups is 2. The van der Waals surface area contributed by atoms with Gasteiger partial charge in [-0.1, -0.05) is 12.1 Å². The van der Waals surface area contributed by atoms with Gasteiger partial charge in [-0.15, -0.1) is 0 Å². The predicted molar refractivity (Wildman–Crippen MR) is 94.3 cm³/mol. The van der Waals surface area contributed by atoms with Crippen molar-refractivity contribution >= 4 is 22.7 Å². The minimum Gasteiger partial charge on any atom is -0.379 e. The van der Waals surface area contributed by atoms with Crippen molar-refractivity contribution in [3.8, 4) is 0 Å². The number of carbonyl (C=O) groups excluding carboxylic acids is 2. The Bertz CT molecular complexity index is 807. The number of amides is 2. The van der Waals surface area contributed by atoms with Crippen molar-refractivity contribution in [2.45, 2.75) is 25.8 Å². The molecule has 2 saturated heterocycles. The lowest BCUT2D eigenvalue weighted by atomic mass is 10.1. The van der Waals surface area contributed by atoms with E-state index in [1.807, 2.05) is 24.1 Å². The summed E-state index contributed by atoms with van der Waals surface area (Å²) in [5.74, 6) is 0.0433. The zero-order chi connectivity index (χ0) is 17.4. The van der Waals surface area contributed by atoms with Gasteiger partial charge in [-0.25, -0.2) is 0 Å². The number of aryl methyl sites for hydroxylation is 1. The van der Waals surface area contributed by atoms with Gasteiger partial charge in [-0.3, -0.25) is 9.59 Å². The summed E-state index contributed by atoms with van der Waals surface area (Å²) in [6.07, 6.45) is 3.12. The third-order valence-corrected chi connectivity index (χ3v) is 5.22. The molecule has 1 unspecified atom stereocenters. The highest BCUT2D eigenvalue weighted by Gasteiger charge is 2.33. The summed E-state index contributed by atoms with van der Waals surface area (Å²) in [4.78, 5) is 31.9. The van der Waals surface area contributed by atoms with E-state index >= 15 is 0 Å². The Balaban J connectivity index is 1.42. The van der Waals surface area contributed by atoms with Crippen molar-refractivity contribution in [3.05, 3.63) is 35.5 Å². The SMILES string of the molecule is Cc1ccc2c(CC(=O)N3CCN(C4CCOC4)C(=O)C3)c[nH]c2c1. The molecular weight excluding hydrogens is 318 g/mol. The molecule has 2 fully saturated rings. The van der Waals surface area contributed by atoms with E-state index < -0.39 is 0 Å². The molecule has 6 nitrogen and oxygen atoms in total. The van der Waals surface area contributed by atoms with Crippen molar-refractivity contribution in [3.63, 3.8) is 0 Å². The summed E-state index contributed by atoms with van der Waals surface area (Å²) in [5.41, 5.74) is 3.22. The summed E-state index contributed by atoms with van der Waals surface area (Å²) in [6, 6.07) is 6.36. The minimum atomic E-state index is 0.0112. The van der Waals surface area contributed by atoms with Crippen LogP contribution in [-0.4, -0.2) is 65.5 Å².